The molecule has 2 aromatic heterocycles. The maximum absolute atomic E-state index is 13.1. The molecule has 186 valence electrons. The Labute approximate surface area is 213 Å². The number of carbonyl (C=O) groups excluding carboxylic acids is 1. The Hall–Kier alpha value is -3.52. The van der Waals surface area contributed by atoms with Crippen LogP contribution in [0.5, 0.6) is 5.75 Å². The highest BCUT2D eigenvalue weighted by atomic mass is 32.1. The van der Waals surface area contributed by atoms with Crippen molar-refractivity contribution in [3.63, 3.8) is 0 Å². The van der Waals surface area contributed by atoms with Crippen LogP contribution in [0.25, 0.3) is 10.9 Å². The van der Waals surface area contributed by atoms with Gasteiger partial charge in [0.2, 0.25) is 0 Å². The van der Waals surface area contributed by atoms with Crippen LogP contribution in [0.2, 0.25) is 0 Å². The van der Waals surface area contributed by atoms with Gasteiger partial charge in [-0.15, -0.1) is 0 Å². The van der Waals surface area contributed by atoms with Crippen LogP contribution in [0.3, 0.4) is 0 Å². The van der Waals surface area contributed by atoms with Gasteiger partial charge in [-0.3, -0.25) is 14.6 Å². The number of para-hydroxylation sites is 1. The number of rotatable bonds is 8. The van der Waals surface area contributed by atoms with Crippen molar-refractivity contribution in [2.24, 2.45) is 5.92 Å². The molecule has 1 amide bonds. The molecule has 8 heteroatoms. The highest BCUT2D eigenvalue weighted by Crippen LogP contribution is 2.28. The molecule has 1 fully saturated rings. The number of benzene rings is 2. The number of H-pyrrole nitrogens is 1. The van der Waals surface area contributed by atoms with Crippen molar-refractivity contribution in [2.45, 2.75) is 58.1 Å². The predicted molar refractivity (Wildman–Crippen MR) is 142 cm³/mol. The first-order valence-electron chi connectivity index (χ1n) is 12.5. The van der Waals surface area contributed by atoms with Gasteiger partial charge in [0.1, 0.15) is 17.4 Å². The number of nitrogens with zero attached hydrogens (tertiary/aromatic N) is 2. The molecule has 1 unspecified atom stereocenters. The minimum atomic E-state index is -0.163. The number of pyridine rings is 1. The van der Waals surface area contributed by atoms with E-state index >= 15 is 0 Å². The Morgan fingerprint density at radius 3 is 2.67 bits per heavy atom. The standard InChI is InChI=1S/C28H30N4O3S/c1-18-15-21(23-9-5-6-10-24(23)29-18)17-35-22-13-11-20(12-14-22)27(33)30-25(19-7-3-2-4-8-19)16-26-31-32-28(34)36-26/h5-6,9-15,19,25H,2-4,7-8,16-17H2,1H3,(H,30,33)(H,32,34). The van der Waals surface area contributed by atoms with Gasteiger partial charge >= 0.3 is 4.87 Å². The van der Waals surface area contributed by atoms with E-state index in [9.17, 15) is 9.59 Å². The number of hydrogen-bond donors (Lipinski definition) is 2. The van der Waals surface area contributed by atoms with Crippen LogP contribution in [0, 0.1) is 12.8 Å². The molecule has 2 heterocycles. The number of aromatic nitrogens is 3. The van der Waals surface area contributed by atoms with Crippen molar-refractivity contribution in [1.29, 1.82) is 0 Å². The van der Waals surface area contributed by atoms with E-state index in [1.165, 1.54) is 19.3 Å². The summed E-state index contributed by atoms with van der Waals surface area (Å²) in [5.74, 6) is 0.980. The average Bonchev–Trinajstić information content (AvgIpc) is 3.32. The second-order valence-electron chi connectivity index (χ2n) is 9.44. The molecule has 5 rings (SSSR count). The molecule has 2 N–H and O–H groups in total. The first kappa shape index (κ1) is 24.2. The molecule has 0 bridgehead atoms. The highest BCUT2D eigenvalue weighted by molar-refractivity contribution is 7.08. The Bertz CT molecular complexity index is 1390. The predicted octanol–water partition coefficient (Wildman–Crippen LogP) is 5.19. The molecule has 7 nitrogen and oxygen atoms in total. The smallest absolute Gasteiger partial charge is 0.322 e. The summed E-state index contributed by atoms with van der Waals surface area (Å²) in [5.41, 5.74) is 3.58. The van der Waals surface area contributed by atoms with Crippen LogP contribution in [0.1, 0.15) is 58.7 Å². The zero-order valence-electron chi connectivity index (χ0n) is 20.3. The molecule has 0 radical (unpaired) electrons. The quantitative estimate of drug-likeness (QED) is 0.346. The minimum absolute atomic E-state index is 0.0455. The zero-order chi connectivity index (χ0) is 24.9. The van der Waals surface area contributed by atoms with Gasteiger partial charge in [-0.05, 0) is 62.1 Å². The number of hydrogen-bond acceptors (Lipinski definition) is 6. The third-order valence-corrected chi connectivity index (χ3v) is 7.62. The van der Waals surface area contributed by atoms with Crippen molar-refractivity contribution in [3.05, 3.63) is 86.1 Å². The van der Waals surface area contributed by atoms with Gasteiger partial charge in [-0.25, -0.2) is 5.10 Å². The summed E-state index contributed by atoms with van der Waals surface area (Å²) >= 11 is 1.12. The summed E-state index contributed by atoms with van der Waals surface area (Å²) in [6.45, 7) is 2.40. The molecule has 36 heavy (non-hydrogen) atoms. The number of carbonyl (C=O) groups is 1. The molecule has 0 aliphatic heterocycles. The number of aromatic amines is 1. The molecule has 4 aromatic rings. The lowest BCUT2D eigenvalue weighted by Gasteiger charge is -2.30. The van der Waals surface area contributed by atoms with Crippen molar-refractivity contribution in [1.82, 2.24) is 20.5 Å². The van der Waals surface area contributed by atoms with E-state index < -0.39 is 0 Å². The van der Waals surface area contributed by atoms with Gasteiger partial charge in [-0.1, -0.05) is 48.8 Å². The summed E-state index contributed by atoms with van der Waals surface area (Å²) in [4.78, 5) is 29.1. The fraction of sp³-hybridized carbons (Fsp3) is 0.357. The third kappa shape index (κ3) is 5.82. The van der Waals surface area contributed by atoms with E-state index in [0.717, 1.165) is 51.3 Å². The SMILES string of the molecule is Cc1cc(COc2ccc(C(=O)NC(Cc3n[nH]c(=O)s3)C3CCCCC3)cc2)c2ccccc2n1. The van der Waals surface area contributed by atoms with Gasteiger partial charge in [0.05, 0.1) is 5.52 Å². The van der Waals surface area contributed by atoms with Crippen molar-refractivity contribution in [3.8, 4) is 5.75 Å². The topological polar surface area (TPSA) is 97.0 Å². The first-order chi connectivity index (χ1) is 17.5. The molecule has 1 aliphatic rings. The van der Waals surface area contributed by atoms with Crippen LogP contribution in [0.15, 0.2) is 59.4 Å². The lowest BCUT2D eigenvalue weighted by Crippen LogP contribution is -2.42. The molecule has 1 saturated carbocycles. The van der Waals surface area contributed by atoms with Crippen LogP contribution in [0.4, 0.5) is 0 Å². The Balaban J connectivity index is 1.25. The number of nitrogens with one attached hydrogen (secondary N) is 2. The van der Waals surface area contributed by atoms with E-state index in [2.05, 4.69) is 26.6 Å². The fourth-order valence-corrected chi connectivity index (χ4v) is 5.70. The minimum Gasteiger partial charge on any atom is -0.489 e. The highest BCUT2D eigenvalue weighted by Gasteiger charge is 2.27. The summed E-state index contributed by atoms with van der Waals surface area (Å²) in [5, 5.41) is 11.7. The summed E-state index contributed by atoms with van der Waals surface area (Å²) in [6, 6.07) is 17.3. The number of fused-ring (bicyclic) bond motifs is 1. The van der Waals surface area contributed by atoms with Gasteiger partial charge in [0, 0.05) is 34.7 Å². The van der Waals surface area contributed by atoms with Crippen LogP contribution in [-0.2, 0) is 13.0 Å². The Kier molecular flexibility index (Phi) is 7.41. The molecule has 0 saturated heterocycles. The largest absolute Gasteiger partial charge is 0.489 e. The fourth-order valence-electron chi connectivity index (χ4n) is 5.04. The number of ether oxygens (including phenoxy) is 1. The zero-order valence-corrected chi connectivity index (χ0v) is 21.1. The summed E-state index contributed by atoms with van der Waals surface area (Å²) in [6.07, 6.45) is 6.32. The van der Waals surface area contributed by atoms with E-state index in [4.69, 9.17) is 4.74 Å². The molecule has 1 atom stereocenters. The van der Waals surface area contributed by atoms with Gasteiger partial charge in [-0.2, -0.15) is 5.10 Å². The normalized spacial score (nSPS) is 15.0. The molecule has 2 aromatic carbocycles. The van der Waals surface area contributed by atoms with Crippen LogP contribution in [-0.4, -0.2) is 27.1 Å². The van der Waals surface area contributed by atoms with Gasteiger partial charge in [0.15, 0.2) is 0 Å². The monoisotopic (exact) mass is 502 g/mol. The second kappa shape index (κ2) is 11.0. The first-order valence-corrected chi connectivity index (χ1v) is 13.3. The Morgan fingerprint density at radius 2 is 1.92 bits per heavy atom. The lowest BCUT2D eigenvalue weighted by molar-refractivity contribution is 0.0912. The second-order valence-corrected chi connectivity index (χ2v) is 10.5. The molecule has 1 aliphatic carbocycles. The van der Waals surface area contributed by atoms with E-state index in [0.29, 0.717) is 30.3 Å². The molecular formula is C28H30N4O3S. The van der Waals surface area contributed by atoms with Crippen molar-refractivity contribution < 1.29 is 9.53 Å². The maximum atomic E-state index is 13.1. The average molecular weight is 503 g/mol. The third-order valence-electron chi connectivity index (χ3n) is 6.85. The molecular weight excluding hydrogens is 472 g/mol. The van der Waals surface area contributed by atoms with E-state index in [-0.39, 0.29) is 16.8 Å². The van der Waals surface area contributed by atoms with Gasteiger partial charge < -0.3 is 10.1 Å². The van der Waals surface area contributed by atoms with Crippen molar-refractivity contribution >= 4 is 28.1 Å². The Morgan fingerprint density at radius 1 is 1.14 bits per heavy atom. The maximum Gasteiger partial charge on any atom is 0.322 e. The number of amides is 1. The van der Waals surface area contributed by atoms with Crippen LogP contribution >= 0.6 is 11.3 Å². The van der Waals surface area contributed by atoms with Gasteiger partial charge in [0.25, 0.3) is 5.91 Å². The van der Waals surface area contributed by atoms with E-state index in [1.807, 2.05) is 43.3 Å². The van der Waals surface area contributed by atoms with Crippen molar-refractivity contribution in [2.75, 3.05) is 0 Å². The summed E-state index contributed by atoms with van der Waals surface area (Å²) in [7, 11) is 0. The summed E-state index contributed by atoms with van der Waals surface area (Å²) < 4.78 is 6.05. The molecule has 0 spiro atoms. The van der Waals surface area contributed by atoms with E-state index in [1.54, 1.807) is 12.1 Å². The number of aryl methyl sites for hydroxylation is 1. The lowest BCUT2D eigenvalue weighted by atomic mass is 9.82. The van der Waals surface area contributed by atoms with Crippen LogP contribution < -0.4 is 14.9 Å².